The highest BCUT2D eigenvalue weighted by atomic mass is 32.2. The summed E-state index contributed by atoms with van der Waals surface area (Å²) >= 11 is 0. The number of hydrogen-bond donors (Lipinski definition) is 2. The predicted octanol–water partition coefficient (Wildman–Crippen LogP) is 2.04. The molecule has 1 aliphatic carbocycles. The SMILES string of the molecule is CCOc1ccc(N)cc1S(=O)(=O)NC1(C(F)(F)F)CC1. The molecule has 0 aliphatic heterocycles. The van der Waals surface area contributed by atoms with E-state index in [9.17, 15) is 21.6 Å². The van der Waals surface area contributed by atoms with Crippen LogP contribution < -0.4 is 15.2 Å². The number of sulfonamides is 1. The van der Waals surface area contributed by atoms with Crippen LogP contribution in [-0.2, 0) is 10.0 Å². The normalized spacial score (nSPS) is 17.5. The maximum Gasteiger partial charge on any atom is 0.407 e. The van der Waals surface area contributed by atoms with E-state index in [1.807, 2.05) is 0 Å². The first-order chi connectivity index (χ1) is 9.61. The van der Waals surface area contributed by atoms with Crippen LogP contribution in [0.2, 0.25) is 0 Å². The molecule has 118 valence electrons. The maximum absolute atomic E-state index is 12.9. The van der Waals surface area contributed by atoms with Gasteiger partial charge in [0.15, 0.2) is 0 Å². The van der Waals surface area contributed by atoms with E-state index in [0.717, 1.165) is 6.07 Å². The molecule has 0 amide bonds. The fraction of sp³-hybridized carbons (Fsp3) is 0.500. The first kappa shape index (κ1) is 15.9. The topological polar surface area (TPSA) is 81.4 Å². The summed E-state index contributed by atoms with van der Waals surface area (Å²) in [4.78, 5) is -0.389. The summed E-state index contributed by atoms with van der Waals surface area (Å²) < 4.78 is 70.0. The van der Waals surface area contributed by atoms with E-state index in [2.05, 4.69) is 0 Å². The Morgan fingerprint density at radius 1 is 1.38 bits per heavy atom. The summed E-state index contributed by atoms with van der Waals surface area (Å²) in [5, 5.41) is 0. The van der Waals surface area contributed by atoms with Crippen molar-refractivity contribution in [3.63, 3.8) is 0 Å². The minimum Gasteiger partial charge on any atom is -0.492 e. The van der Waals surface area contributed by atoms with E-state index in [1.165, 1.54) is 12.1 Å². The summed E-state index contributed by atoms with van der Waals surface area (Å²) in [5.41, 5.74) is 3.26. The van der Waals surface area contributed by atoms with E-state index in [1.54, 1.807) is 11.6 Å². The molecule has 1 aliphatic rings. The average Bonchev–Trinajstić information content (AvgIpc) is 3.11. The number of nitrogens with one attached hydrogen (secondary N) is 1. The molecular weight excluding hydrogens is 309 g/mol. The average molecular weight is 324 g/mol. The van der Waals surface area contributed by atoms with Crippen LogP contribution >= 0.6 is 0 Å². The lowest BCUT2D eigenvalue weighted by atomic mass is 10.3. The fourth-order valence-electron chi connectivity index (χ4n) is 1.89. The highest BCUT2D eigenvalue weighted by Gasteiger charge is 2.65. The van der Waals surface area contributed by atoms with Crippen molar-refractivity contribution < 1.29 is 26.3 Å². The number of rotatable bonds is 5. The quantitative estimate of drug-likeness (QED) is 0.812. The smallest absolute Gasteiger partial charge is 0.407 e. The lowest BCUT2D eigenvalue weighted by Gasteiger charge is -2.21. The number of benzene rings is 1. The number of hydrogen-bond acceptors (Lipinski definition) is 4. The van der Waals surface area contributed by atoms with E-state index >= 15 is 0 Å². The molecule has 5 nitrogen and oxygen atoms in total. The second kappa shape index (κ2) is 5.06. The molecule has 0 bridgehead atoms. The summed E-state index contributed by atoms with van der Waals surface area (Å²) in [6, 6.07) is 3.82. The predicted molar refractivity (Wildman–Crippen MR) is 70.4 cm³/mol. The molecule has 0 spiro atoms. The van der Waals surface area contributed by atoms with E-state index in [0.29, 0.717) is 0 Å². The zero-order valence-corrected chi connectivity index (χ0v) is 12.0. The molecule has 1 aromatic rings. The van der Waals surface area contributed by atoms with Crippen molar-refractivity contribution in [1.82, 2.24) is 4.72 Å². The minimum absolute atomic E-state index is 0.0304. The van der Waals surface area contributed by atoms with Gasteiger partial charge < -0.3 is 10.5 Å². The van der Waals surface area contributed by atoms with Crippen LogP contribution in [0.4, 0.5) is 18.9 Å². The highest BCUT2D eigenvalue weighted by Crippen LogP contribution is 2.50. The molecule has 2 rings (SSSR count). The fourth-order valence-corrected chi connectivity index (χ4v) is 3.52. The lowest BCUT2D eigenvalue weighted by molar-refractivity contribution is -0.160. The number of nitrogens with two attached hydrogens (primary N) is 1. The molecule has 9 heteroatoms. The van der Waals surface area contributed by atoms with Gasteiger partial charge in [0.25, 0.3) is 0 Å². The van der Waals surface area contributed by atoms with Crippen LogP contribution in [-0.4, -0.2) is 26.7 Å². The second-order valence-corrected chi connectivity index (χ2v) is 6.48. The third-order valence-corrected chi connectivity index (χ3v) is 4.74. The third kappa shape index (κ3) is 3.08. The molecule has 3 N–H and O–H groups in total. The van der Waals surface area contributed by atoms with Gasteiger partial charge in [-0.3, -0.25) is 0 Å². The van der Waals surface area contributed by atoms with Crippen LogP contribution in [0.3, 0.4) is 0 Å². The van der Waals surface area contributed by atoms with Crippen molar-refractivity contribution in [2.24, 2.45) is 0 Å². The Balaban J connectivity index is 2.39. The van der Waals surface area contributed by atoms with Crippen molar-refractivity contribution in [3.8, 4) is 5.75 Å². The molecule has 0 radical (unpaired) electrons. The molecule has 0 atom stereocenters. The van der Waals surface area contributed by atoms with Crippen molar-refractivity contribution in [2.45, 2.75) is 36.4 Å². The molecule has 0 saturated heterocycles. The van der Waals surface area contributed by atoms with Gasteiger partial charge in [-0.15, -0.1) is 0 Å². The summed E-state index contributed by atoms with van der Waals surface area (Å²) in [6.45, 7) is 1.81. The van der Waals surface area contributed by atoms with Crippen LogP contribution in [0.5, 0.6) is 5.75 Å². The van der Waals surface area contributed by atoms with Crippen LogP contribution in [0.25, 0.3) is 0 Å². The molecule has 1 fully saturated rings. The van der Waals surface area contributed by atoms with Gasteiger partial charge in [0, 0.05) is 5.69 Å². The van der Waals surface area contributed by atoms with E-state index < -0.39 is 21.7 Å². The Bertz CT molecular complexity index is 640. The maximum atomic E-state index is 12.9. The number of anilines is 1. The molecule has 0 unspecified atom stereocenters. The monoisotopic (exact) mass is 324 g/mol. The van der Waals surface area contributed by atoms with Crippen molar-refractivity contribution in [1.29, 1.82) is 0 Å². The molecule has 21 heavy (non-hydrogen) atoms. The van der Waals surface area contributed by atoms with Gasteiger partial charge in [-0.1, -0.05) is 0 Å². The van der Waals surface area contributed by atoms with Gasteiger partial charge in [-0.05, 0) is 38.0 Å². The van der Waals surface area contributed by atoms with Gasteiger partial charge in [0.2, 0.25) is 10.0 Å². The summed E-state index contributed by atoms with van der Waals surface area (Å²) in [6.07, 6.45) is -5.18. The number of alkyl halides is 3. The van der Waals surface area contributed by atoms with Gasteiger partial charge in [0.05, 0.1) is 6.61 Å². The summed E-state index contributed by atoms with van der Waals surface area (Å²) in [5.74, 6) is -0.0304. The molecular formula is C12H15F3N2O3S. The first-order valence-electron chi connectivity index (χ1n) is 6.24. The van der Waals surface area contributed by atoms with Gasteiger partial charge in [-0.25, -0.2) is 8.42 Å². The minimum atomic E-state index is -4.63. The molecule has 0 heterocycles. The number of halogens is 3. The van der Waals surface area contributed by atoms with Gasteiger partial charge in [0.1, 0.15) is 16.2 Å². The lowest BCUT2D eigenvalue weighted by Crippen LogP contribution is -2.47. The molecule has 1 aromatic carbocycles. The Morgan fingerprint density at radius 3 is 2.48 bits per heavy atom. The van der Waals surface area contributed by atoms with Crippen LogP contribution in [0.15, 0.2) is 23.1 Å². The summed E-state index contributed by atoms with van der Waals surface area (Å²) in [7, 11) is -4.39. The van der Waals surface area contributed by atoms with Crippen LogP contribution in [0, 0.1) is 0 Å². The molecule has 1 saturated carbocycles. The number of ether oxygens (including phenoxy) is 1. The van der Waals surface area contributed by atoms with Gasteiger partial charge >= 0.3 is 6.18 Å². The van der Waals surface area contributed by atoms with Crippen molar-refractivity contribution in [2.75, 3.05) is 12.3 Å². The Morgan fingerprint density at radius 2 is 2.00 bits per heavy atom. The zero-order valence-electron chi connectivity index (χ0n) is 11.2. The Kier molecular flexibility index (Phi) is 3.83. The largest absolute Gasteiger partial charge is 0.492 e. The van der Waals surface area contributed by atoms with Crippen LogP contribution in [0.1, 0.15) is 19.8 Å². The first-order valence-corrected chi connectivity index (χ1v) is 7.73. The third-order valence-electron chi connectivity index (χ3n) is 3.18. The van der Waals surface area contributed by atoms with E-state index in [4.69, 9.17) is 10.5 Å². The van der Waals surface area contributed by atoms with E-state index in [-0.39, 0.29) is 35.8 Å². The number of nitrogen functional groups attached to an aromatic ring is 1. The van der Waals surface area contributed by atoms with Crippen molar-refractivity contribution >= 4 is 15.7 Å². The Labute approximate surface area is 120 Å². The Hall–Kier alpha value is -1.48. The second-order valence-electron chi connectivity index (χ2n) is 4.82. The standard InChI is InChI=1S/C12H15F3N2O3S/c1-2-20-9-4-3-8(16)7-10(9)21(18,19)17-11(5-6-11)12(13,14)15/h3-4,7,17H,2,5-6,16H2,1H3. The zero-order chi connectivity index (χ0) is 15.9. The van der Waals surface area contributed by atoms with Crippen molar-refractivity contribution in [3.05, 3.63) is 18.2 Å². The molecule has 0 aromatic heterocycles. The highest BCUT2D eigenvalue weighted by molar-refractivity contribution is 7.89. The van der Waals surface area contributed by atoms with Gasteiger partial charge in [-0.2, -0.15) is 17.9 Å².